The molecule has 57 heavy (non-hydrogen) atoms. The van der Waals surface area contributed by atoms with Gasteiger partial charge in [-0.05, 0) is 30.9 Å². The van der Waals surface area contributed by atoms with Gasteiger partial charge in [-0.2, -0.15) is 0 Å². The molecule has 13 atom stereocenters. The van der Waals surface area contributed by atoms with Gasteiger partial charge in [0.25, 0.3) is 5.79 Å². The lowest BCUT2D eigenvalue weighted by atomic mass is 9.39. The van der Waals surface area contributed by atoms with E-state index in [-0.39, 0.29) is 31.8 Å². The van der Waals surface area contributed by atoms with Crippen LogP contribution in [0, 0.1) is 28.1 Å². The van der Waals surface area contributed by atoms with Gasteiger partial charge in [-0.1, -0.05) is 67.2 Å². The SMILES string of the molecule is C=C=C([C@@H]1CC[C@@]2(OCc3ccccc3)CC(OC)O[C@H]2O1)[C@]1(C)C(=O)[C@@H]2OC[C@]3(C(=O)OC)[C@H](O)C[C@H](O)[C@@]4(CO[C@@](OCc5ccccc5)(C(=O)OC)[C@@H]14)[C@@H]23. The molecule has 2 saturated carbocycles. The van der Waals surface area contributed by atoms with Crippen LogP contribution < -0.4 is 0 Å². The third-order valence-electron chi connectivity index (χ3n) is 13.8. The zero-order valence-corrected chi connectivity index (χ0v) is 32.5. The van der Waals surface area contributed by atoms with Crippen LogP contribution in [-0.4, -0.2) is 111 Å². The van der Waals surface area contributed by atoms with Gasteiger partial charge in [0.15, 0.2) is 18.4 Å². The Morgan fingerprint density at radius 2 is 1.54 bits per heavy atom. The van der Waals surface area contributed by atoms with E-state index >= 15 is 4.79 Å². The van der Waals surface area contributed by atoms with Crippen LogP contribution in [0.15, 0.2) is 78.5 Å². The molecule has 2 aliphatic carbocycles. The van der Waals surface area contributed by atoms with Gasteiger partial charge in [0.2, 0.25) is 0 Å². The Balaban J connectivity index is 1.25. The second kappa shape index (κ2) is 14.8. The van der Waals surface area contributed by atoms with Crippen molar-refractivity contribution >= 4 is 17.7 Å². The van der Waals surface area contributed by atoms with Crippen molar-refractivity contribution in [2.45, 2.75) is 94.2 Å². The summed E-state index contributed by atoms with van der Waals surface area (Å²) in [5, 5.41) is 24.1. The van der Waals surface area contributed by atoms with Gasteiger partial charge in [0.05, 0.1) is 70.3 Å². The van der Waals surface area contributed by atoms with Crippen molar-refractivity contribution in [1.29, 1.82) is 0 Å². The summed E-state index contributed by atoms with van der Waals surface area (Å²) < 4.78 is 55.5. The Bertz CT molecular complexity index is 1920. The maximum Gasteiger partial charge on any atom is 0.366 e. The molecule has 2 aromatic carbocycles. The first-order valence-electron chi connectivity index (χ1n) is 19.3. The predicted octanol–water partition coefficient (Wildman–Crippen LogP) is 3.16. The molecule has 1 unspecified atom stereocenters. The van der Waals surface area contributed by atoms with Gasteiger partial charge < -0.3 is 52.8 Å². The summed E-state index contributed by atoms with van der Waals surface area (Å²) in [6.45, 7) is 5.09. The molecule has 0 bridgehead atoms. The van der Waals surface area contributed by atoms with Gasteiger partial charge in [-0.15, -0.1) is 5.73 Å². The zero-order valence-electron chi connectivity index (χ0n) is 32.5. The predicted molar refractivity (Wildman–Crippen MR) is 196 cm³/mol. The molecule has 2 N–H and O–H groups in total. The van der Waals surface area contributed by atoms with Crippen molar-refractivity contribution in [3.05, 3.63) is 89.7 Å². The Morgan fingerprint density at radius 1 is 0.895 bits per heavy atom. The average Bonchev–Trinajstić information content (AvgIpc) is 3.94. The van der Waals surface area contributed by atoms with Crippen LogP contribution in [0.1, 0.15) is 43.7 Å². The lowest BCUT2D eigenvalue weighted by Crippen LogP contribution is -2.75. The number of aliphatic hydroxyl groups excluding tert-OH is 2. The number of aliphatic hydroxyl groups is 2. The molecule has 6 aliphatic rings. The van der Waals surface area contributed by atoms with E-state index in [2.05, 4.69) is 12.3 Å². The van der Waals surface area contributed by atoms with Crippen molar-refractivity contribution in [1.82, 2.24) is 0 Å². The summed E-state index contributed by atoms with van der Waals surface area (Å²) in [6.07, 6.45) is -5.91. The number of ketones is 1. The highest BCUT2D eigenvalue weighted by Gasteiger charge is 2.86. The van der Waals surface area contributed by atoms with E-state index in [0.29, 0.717) is 31.4 Å². The number of Topliss-reactive ketones (excluding diaryl/α,β-unsaturated/α-hetero) is 1. The van der Waals surface area contributed by atoms with Crippen molar-refractivity contribution in [3.8, 4) is 0 Å². The lowest BCUT2D eigenvalue weighted by Gasteiger charge is -2.62. The first-order valence-corrected chi connectivity index (χ1v) is 19.3. The number of fused-ring (bicyclic) bond motifs is 1. The van der Waals surface area contributed by atoms with Crippen molar-refractivity contribution in [2.75, 3.05) is 34.5 Å². The molecule has 0 aromatic heterocycles. The van der Waals surface area contributed by atoms with Crippen molar-refractivity contribution < 1.29 is 67.2 Å². The second-order valence-electron chi connectivity index (χ2n) is 16.3. The summed E-state index contributed by atoms with van der Waals surface area (Å²) in [5.74, 6) is -7.26. The highest BCUT2D eigenvalue weighted by molar-refractivity contribution is 5.97. The summed E-state index contributed by atoms with van der Waals surface area (Å²) in [4.78, 5) is 44.0. The quantitative estimate of drug-likeness (QED) is 0.251. The molecule has 4 saturated heterocycles. The molecule has 4 aliphatic heterocycles. The zero-order chi connectivity index (χ0) is 40.4. The fourth-order valence-corrected chi connectivity index (χ4v) is 11.2. The highest BCUT2D eigenvalue weighted by Crippen LogP contribution is 2.73. The average molecular weight is 791 g/mol. The van der Waals surface area contributed by atoms with Crippen molar-refractivity contribution in [2.24, 2.45) is 28.1 Å². The summed E-state index contributed by atoms with van der Waals surface area (Å²) in [5.41, 5.74) is -1.23. The smallest absolute Gasteiger partial charge is 0.366 e. The van der Waals surface area contributed by atoms with E-state index < -0.39 is 94.2 Å². The Hall–Kier alpha value is -3.79. The fraction of sp³-hybridized carbons (Fsp3) is 0.581. The van der Waals surface area contributed by atoms with Crippen LogP contribution >= 0.6 is 0 Å². The number of carbonyl (C=O) groups excluding carboxylic acids is 3. The van der Waals surface area contributed by atoms with Gasteiger partial charge in [0, 0.05) is 36.9 Å². The summed E-state index contributed by atoms with van der Waals surface area (Å²) in [7, 11) is 3.91. The van der Waals surface area contributed by atoms with E-state index in [9.17, 15) is 19.8 Å². The fourth-order valence-electron chi connectivity index (χ4n) is 11.2. The molecule has 4 heterocycles. The van der Waals surface area contributed by atoms with Crippen LogP contribution in [-0.2, 0) is 70.2 Å². The number of benzene rings is 2. The topological polar surface area (TPSA) is 175 Å². The van der Waals surface area contributed by atoms with Crippen LogP contribution in [0.25, 0.3) is 0 Å². The van der Waals surface area contributed by atoms with Gasteiger partial charge in [-0.25, -0.2) is 4.79 Å². The third kappa shape index (κ3) is 5.68. The summed E-state index contributed by atoms with van der Waals surface area (Å²) >= 11 is 0. The van der Waals surface area contributed by atoms with E-state index in [4.69, 9.17) is 42.6 Å². The number of methoxy groups -OCH3 is 3. The molecule has 6 fully saturated rings. The van der Waals surface area contributed by atoms with Gasteiger partial charge in [0.1, 0.15) is 17.1 Å². The van der Waals surface area contributed by atoms with Crippen molar-refractivity contribution in [3.63, 3.8) is 0 Å². The Kier molecular flexibility index (Phi) is 10.4. The first-order chi connectivity index (χ1) is 27.4. The van der Waals surface area contributed by atoms with E-state index in [0.717, 1.165) is 5.56 Å². The minimum atomic E-state index is -2.34. The van der Waals surface area contributed by atoms with Crippen LogP contribution in [0.3, 0.4) is 0 Å². The maximum absolute atomic E-state index is 15.6. The normalized spacial score (nSPS) is 41.7. The van der Waals surface area contributed by atoms with Gasteiger partial charge >= 0.3 is 11.9 Å². The molecule has 14 heteroatoms. The number of hydrogen-bond acceptors (Lipinski definition) is 14. The maximum atomic E-state index is 15.6. The van der Waals surface area contributed by atoms with E-state index in [1.54, 1.807) is 14.0 Å². The van der Waals surface area contributed by atoms with E-state index in [1.165, 1.54) is 14.2 Å². The monoisotopic (exact) mass is 790 g/mol. The third-order valence-corrected chi connectivity index (χ3v) is 13.8. The molecule has 306 valence electrons. The molecular formula is C43H50O14. The standard InChI is InChI=1S/C43H50O14/c1-6-27(28-17-18-40(20-31(49-3)57-38(40)56-28)53-21-25-13-9-7-10-14-25)39(2)34(46)32-33-41(29(44)19-30(45)42(33,23-52-32)36(47)50-4)24-55-43(35(39)41,37(48)51-5)54-22-26-15-11-8-12-16-26/h7-16,28-33,35,38,44-45H,1,17-24H2,2-5H3/t28-,29-,30+,31?,32+,33+,35-,38+,39+,40+,41-,42-,43+/m0/s1. The lowest BCUT2D eigenvalue weighted by molar-refractivity contribution is -0.282. The molecule has 0 radical (unpaired) electrons. The molecule has 14 nitrogen and oxygen atoms in total. The van der Waals surface area contributed by atoms with Crippen LogP contribution in [0.4, 0.5) is 0 Å². The van der Waals surface area contributed by atoms with Gasteiger partial charge in [-0.3, -0.25) is 9.59 Å². The number of carbonyl (C=O) groups is 3. The molecule has 2 aromatic rings. The molecular weight excluding hydrogens is 740 g/mol. The van der Waals surface area contributed by atoms with Crippen LogP contribution in [0.5, 0.6) is 0 Å². The molecule has 0 amide bonds. The Labute approximate surface area is 330 Å². The number of esters is 2. The minimum Gasteiger partial charge on any atom is -0.468 e. The molecule has 1 spiro atoms. The highest BCUT2D eigenvalue weighted by atomic mass is 16.8. The van der Waals surface area contributed by atoms with E-state index in [1.807, 2.05) is 60.7 Å². The Morgan fingerprint density at radius 3 is 2.16 bits per heavy atom. The minimum absolute atomic E-state index is 0.152. The second-order valence-corrected chi connectivity index (χ2v) is 16.3. The number of rotatable bonds is 11. The number of ether oxygens (including phenoxy) is 9. The largest absolute Gasteiger partial charge is 0.468 e. The molecule has 8 rings (SSSR count). The summed E-state index contributed by atoms with van der Waals surface area (Å²) in [6, 6.07) is 18.8. The number of hydrogen-bond donors (Lipinski definition) is 2. The van der Waals surface area contributed by atoms with Crippen LogP contribution in [0.2, 0.25) is 0 Å². The first kappa shape index (κ1) is 40.0.